The monoisotopic (exact) mass is 284 g/mol. The fourth-order valence-corrected chi connectivity index (χ4v) is 2.45. The van der Waals surface area contributed by atoms with E-state index < -0.39 is 5.97 Å². The number of rotatable bonds is 6. The first-order valence-corrected chi connectivity index (χ1v) is 7.61. The minimum absolute atomic E-state index is 0.00896. The maximum absolute atomic E-state index is 12.0. The van der Waals surface area contributed by atoms with Crippen LogP contribution in [0.25, 0.3) is 0 Å². The number of carbonyl (C=O) groups excluding carboxylic acids is 1. The lowest BCUT2D eigenvalue weighted by atomic mass is 9.78. The van der Waals surface area contributed by atoms with Gasteiger partial charge in [0.05, 0.1) is 0 Å². The Morgan fingerprint density at radius 2 is 1.95 bits per heavy atom. The Morgan fingerprint density at radius 3 is 2.45 bits per heavy atom. The van der Waals surface area contributed by atoms with Crippen LogP contribution in [0.2, 0.25) is 0 Å². The predicted molar refractivity (Wildman–Crippen MR) is 78.6 cm³/mol. The molecule has 0 aromatic rings. The third-order valence-electron chi connectivity index (χ3n) is 4.56. The third-order valence-corrected chi connectivity index (χ3v) is 4.56. The minimum atomic E-state index is -0.780. The van der Waals surface area contributed by atoms with Crippen LogP contribution < -0.4 is 5.32 Å². The van der Waals surface area contributed by atoms with Gasteiger partial charge in [-0.25, -0.2) is 4.79 Å². The van der Waals surface area contributed by atoms with Gasteiger partial charge in [0.25, 0.3) is 0 Å². The Morgan fingerprint density at radius 1 is 1.35 bits per heavy atom. The topological polar surface area (TPSA) is 69.6 Å². The van der Waals surface area contributed by atoms with E-state index in [-0.39, 0.29) is 18.4 Å². The first-order chi connectivity index (χ1) is 9.36. The molecule has 1 atom stereocenters. The Balaban J connectivity index is 2.25. The molecular formula is C15H28N2O3. The molecule has 5 nitrogen and oxygen atoms in total. The second kappa shape index (κ2) is 7.50. The van der Waals surface area contributed by atoms with Gasteiger partial charge >= 0.3 is 12.0 Å². The number of amides is 2. The van der Waals surface area contributed by atoms with Crippen molar-refractivity contribution in [1.29, 1.82) is 0 Å². The van der Waals surface area contributed by atoms with E-state index >= 15 is 0 Å². The molecule has 1 aliphatic heterocycles. The van der Waals surface area contributed by atoms with Crippen molar-refractivity contribution in [3.63, 3.8) is 0 Å². The van der Waals surface area contributed by atoms with Crippen LogP contribution in [0.5, 0.6) is 0 Å². The molecule has 1 unspecified atom stereocenters. The summed E-state index contributed by atoms with van der Waals surface area (Å²) < 4.78 is 0. The number of hydrogen-bond acceptors (Lipinski definition) is 2. The highest BCUT2D eigenvalue weighted by Crippen LogP contribution is 2.33. The molecule has 1 heterocycles. The highest BCUT2D eigenvalue weighted by molar-refractivity contribution is 5.74. The molecule has 0 radical (unpaired) electrons. The summed E-state index contributed by atoms with van der Waals surface area (Å²) in [4.78, 5) is 24.4. The first kappa shape index (κ1) is 16.8. The molecule has 2 amide bonds. The maximum atomic E-state index is 12.0. The van der Waals surface area contributed by atoms with E-state index in [0.29, 0.717) is 18.4 Å². The normalized spacial score (nSPS) is 19.4. The molecule has 0 bridgehead atoms. The number of carbonyl (C=O) groups is 2. The fraction of sp³-hybridized carbons (Fsp3) is 0.867. The van der Waals surface area contributed by atoms with Crippen LogP contribution in [-0.2, 0) is 4.79 Å². The zero-order valence-corrected chi connectivity index (χ0v) is 12.9. The van der Waals surface area contributed by atoms with Gasteiger partial charge < -0.3 is 15.3 Å². The van der Waals surface area contributed by atoms with E-state index in [9.17, 15) is 9.59 Å². The molecular weight excluding hydrogens is 256 g/mol. The van der Waals surface area contributed by atoms with Crippen LogP contribution in [0.1, 0.15) is 52.9 Å². The highest BCUT2D eigenvalue weighted by atomic mass is 16.4. The first-order valence-electron chi connectivity index (χ1n) is 7.61. The van der Waals surface area contributed by atoms with E-state index in [4.69, 9.17) is 5.11 Å². The van der Waals surface area contributed by atoms with Crippen molar-refractivity contribution in [2.24, 2.45) is 11.3 Å². The summed E-state index contributed by atoms with van der Waals surface area (Å²) in [5.41, 5.74) is 0.381. The average molecular weight is 284 g/mol. The number of carboxylic acids is 1. The van der Waals surface area contributed by atoms with Gasteiger partial charge in [0.2, 0.25) is 0 Å². The SMILES string of the molecule is CCC1(C)CCN(C(=O)NCC(C)CCC(=O)O)CC1. The summed E-state index contributed by atoms with van der Waals surface area (Å²) in [6, 6.07) is -0.00896. The van der Waals surface area contributed by atoms with Crippen molar-refractivity contribution >= 4 is 12.0 Å². The summed E-state index contributed by atoms with van der Waals surface area (Å²) in [7, 11) is 0. The van der Waals surface area contributed by atoms with E-state index in [2.05, 4.69) is 19.2 Å². The number of urea groups is 1. The fourth-order valence-electron chi connectivity index (χ4n) is 2.45. The molecule has 0 saturated carbocycles. The number of nitrogens with one attached hydrogen (secondary N) is 1. The van der Waals surface area contributed by atoms with Crippen LogP contribution >= 0.6 is 0 Å². The van der Waals surface area contributed by atoms with Gasteiger partial charge in [0.15, 0.2) is 0 Å². The number of piperidine rings is 1. The molecule has 20 heavy (non-hydrogen) atoms. The van der Waals surface area contributed by atoms with Gasteiger partial charge in [-0.05, 0) is 30.6 Å². The van der Waals surface area contributed by atoms with E-state index in [1.807, 2.05) is 11.8 Å². The summed E-state index contributed by atoms with van der Waals surface area (Å²) in [6.07, 6.45) is 4.05. The number of carboxylic acid groups (broad SMARTS) is 1. The van der Waals surface area contributed by atoms with Crippen LogP contribution in [0.15, 0.2) is 0 Å². The Bertz CT molecular complexity index is 336. The Labute approximate surface area is 121 Å². The lowest BCUT2D eigenvalue weighted by Gasteiger charge is -2.38. The molecule has 0 spiro atoms. The number of likely N-dealkylation sites (tertiary alicyclic amines) is 1. The maximum Gasteiger partial charge on any atom is 0.317 e. The number of aliphatic carboxylic acids is 1. The molecule has 1 aliphatic rings. The molecule has 5 heteroatoms. The zero-order chi connectivity index (χ0) is 15.2. The molecule has 1 fully saturated rings. The van der Waals surface area contributed by atoms with Gasteiger partial charge in [0.1, 0.15) is 0 Å². The van der Waals surface area contributed by atoms with Crippen molar-refractivity contribution in [2.75, 3.05) is 19.6 Å². The summed E-state index contributed by atoms with van der Waals surface area (Å²) in [5, 5.41) is 11.5. The standard InChI is InChI=1S/C15H28N2O3/c1-4-15(3)7-9-17(10-8-15)14(20)16-11-12(2)5-6-13(18)19/h12H,4-11H2,1-3H3,(H,16,20)(H,18,19). The van der Waals surface area contributed by atoms with E-state index in [1.165, 1.54) is 0 Å². The predicted octanol–water partition coefficient (Wildman–Crippen LogP) is 2.71. The smallest absolute Gasteiger partial charge is 0.317 e. The lowest BCUT2D eigenvalue weighted by molar-refractivity contribution is -0.137. The van der Waals surface area contributed by atoms with E-state index in [1.54, 1.807) is 0 Å². The largest absolute Gasteiger partial charge is 0.481 e. The molecule has 0 aromatic heterocycles. The van der Waals surface area contributed by atoms with Crippen molar-refractivity contribution in [2.45, 2.75) is 52.9 Å². The number of hydrogen-bond donors (Lipinski definition) is 2. The summed E-state index contributed by atoms with van der Waals surface area (Å²) in [6.45, 7) is 8.65. The van der Waals surface area contributed by atoms with Crippen molar-refractivity contribution in [3.05, 3.63) is 0 Å². The molecule has 1 rings (SSSR count). The molecule has 0 aliphatic carbocycles. The molecule has 2 N–H and O–H groups in total. The average Bonchev–Trinajstić information content (AvgIpc) is 2.43. The minimum Gasteiger partial charge on any atom is -0.481 e. The molecule has 0 aromatic carbocycles. The lowest BCUT2D eigenvalue weighted by Crippen LogP contribution is -2.47. The Hall–Kier alpha value is -1.26. The van der Waals surface area contributed by atoms with Gasteiger partial charge in [-0.3, -0.25) is 4.79 Å². The molecule has 116 valence electrons. The second-order valence-electron chi connectivity index (χ2n) is 6.37. The van der Waals surface area contributed by atoms with Crippen LogP contribution in [-0.4, -0.2) is 41.6 Å². The van der Waals surface area contributed by atoms with Crippen LogP contribution in [0.3, 0.4) is 0 Å². The van der Waals surface area contributed by atoms with Crippen molar-refractivity contribution in [1.82, 2.24) is 10.2 Å². The van der Waals surface area contributed by atoms with Crippen molar-refractivity contribution in [3.8, 4) is 0 Å². The number of nitrogens with zero attached hydrogens (tertiary/aromatic N) is 1. The Kier molecular flexibility index (Phi) is 6.30. The second-order valence-corrected chi connectivity index (χ2v) is 6.37. The quantitative estimate of drug-likeness (QED) is 0.788. The van der Waals surface area contributed by atoms with Gasteiger partial charge in [-0.2, -0.15) is 0 Å². The molecule has 1 saturated heterocycles. The summed E-state index contributed by atoms with van der Waals surface area (Å²) in [5.74, 6) is -0.584. The van der Waals surface area contributed by atoms with Crippen LogP contribution in [0, 0.1) is 11.3 Å². The zero-order valence-electron chi connectivity index (χ0n) is 12.9. The third kappa shape index (κ3) is 5.39. The van der Waals surface area contributed by atoms with Crippen LogP contribution in [0.4, 0.5) is 4.79 Å². The van der Waals surface area contributed by atoms with Gasteiger partial charge in [-0.1, -0.05) is 27.2 Å². The van der Waals surface area contributed by atoms with Crippen molar-refractivity contribution < 1.29 is 14.7 Å². The van der Waals surface area contributed by atoms with Gasteiger partial charge in [-0.15, -0.1) is 0 Å². The summed E-state index contributed by atoms with van der Waals surface area (Å²) >= 11 is 0. The highest BCUT2D eigenvalue weighted by Gasteiger charge is 2.30. The van der Waals surface area contributed by atoms with E-state index in [0.717, 1.165) is 32.4 Å². The van der Waals surface area contributed by atoms with Gasteiger partial charge in [0, 0.05) is 26.1 Å².